The number of hydrogen-bond acceptors (Lipinski definition) is 6. The molecular weight excluding hydrogens is 490 g/mol. The van der Waals surface area contributed by atoms with Crippen LogP contribution in [-0.2, 0) is 14.8 Å². The van der Waals surface area contributed by atoms with Crippen LogP contribution in [0.1, 0.15) is 10.4 Å². The Kier molecular flexibility index (Phi) is 6.30. The molecule has 4 rings (SSSR count). The lowest BCUT2D eigenvalue weighted by Gasteiger charge is -2.26. The van der Waals surface area contributed by atoms with Crippen molar-refractivity contribution < 1.29 is 17.9 Å². The summed E-state index contributed by atoms with van der Waals surface area (Å²) in [4.78, 5) is 17.2. The maximum absolute atomic E-state index is 12.7. The molecule has 1 fully saturated rings. The molecule has 0 aliphatic carbocycles. The number of sulfonamides is 1. The van der Waals surface area contributed by atoms with Crippen molar-refractivity contribution >= 4 is 48.3 Å². The maximum atomic E-state index is 12.7. The van der Waals surface area contributed by atoms with E-state index in [1.54, 1.807) is 0 Å². The van der Waals surface area contributed by atoms with Gasteiger partial charge >= 0.3 is 0 Å². The van der Waals surface area contributed by atoms with Crippen LogP contribution in [0.4, 0.5) is 5.13 Å². The summed E-state index contributed by atoms with van der Waals surface area (Å²) in [7, 11) is -3.59. The van der Waals surface area contributed by atoms with E-state index in [9.17, 15) is 13.2 Å². The number of carbonyl (C=O) groups excluding carboxylic acids is 1. The first-order valence-corrected chi connectivity index (χ1v) is 12.3. The highest BCUT2D eigenvalue weighted by Crippen LogP contribution is 2.26. The van der Waals surface area contributed by atoms with Gasteiger partial charge in [0.15, 0.2) is 5.13 Å². The highest BCUT2D eigenvalue weighted by Gasteiger charge is 2.26. The summed E-state index contributed by atoms with van der Waals surface area (Å²) in [6, 6.07) is 13.7. The second kappa shape index (κ2) is 8.94. The summed E-state index contributed by atoms with van der Waals surface area (Å²) >= 11 is 4.73. The van der Waals surface area contributed by atoms with Crippen molar-refractivity contribution in [1.82, 2.24) is 9.29 Å². The molecule has 0 atom stereocenters. The molecule has 1 aliphatic heterocycles. The highest BCUT2D eigenvalue weighted by molar-refractivity contribution is 9.10. The second-order valence-electron chi connectivity index (χ2n) is 6.54. The summed E-state index contributed by atoms with van der Waals surface area (Å²) in [5, 5.41) is 5.11. The Labute approximate surface area is 186 Å². The molecule has 156 valence electrons. The van der Waals surface area contributed by atoms with Gasteiger partial charge in [-0.3, -0.25) is 10.1 Å². The molecule has 1 N–H and O–H groups in total. The first-order chi connectivity index (χ1) is 14.4. The van der Waals surface area contributed by atoms with E-state index in [1.807, 2.05) is 29.6 Å². The standard InChI is InChI=1S/C20H18BrN3O4S2/c21-16-5-1-14(2-6-16)18-13-29-20(22-18)23-19(25)15-3-7-17(8-4-15)30(26,27)24-9-11-28-12-10-24/h1-8,13H,9-12H2,(H,22,23,25). The van der Waals surface area contributed by atoms with Crippen molar-refractivity contribution in [2.75, 3.05) is 31.6 Å². The van der Waals surface area contributed by atoms with E-state index in [4.69, 9.17) is 4.74 Å². The van der Waals surface area contributed by atoms with Gasteiger partial charge in [-0.2, -0.15) is 4.31 Å². The van der Waals surface area contributed by atoms with Crippen LogP contribution in [0.5, 0.6) is 0 Å². The summed E-state index contributed by atoms with van der Waals surface area (Å²) in [6.45, 7) is 1.43. The van der Waals surface area contributed by atoms with Crippen LogP contribution in [0.15, 0.2) is 63.3 Å². The molecule has 3 aromatic rings. The molecule has 30 heavy (non-hydrogen) atoms. The van der Waals surface area contributed by atoms with Gasteiger partial charge in [0.25, 0.3) is 5.91 Å². The molecule has 2 heterocycles. The van der Waals surface area contributed by atoms with Crippen molar-refractivity contribution in [1.29, 1.82) is 0 Å². The molecule has 0 radical (unpaired) electrons. The first kappa shape index (κ1) is 21.1. The number of morpholine rings is 1. The van der Waals surface area contributed by atoms with Crippen LogP contribution in [0, 0.1) is 0 Å². The van der Waals surface area contributed by atoms with E-state index in [-0.39, 0.29) is 10.8 Å². The molecule has 1 saturated heterocycles. The van der Waals surface area contributed by atoms with E-state index in [2.05, 4.69) is 26.2 Å². The molecule has 1 aliphatic rings. The minimum Gasteiger partial charge on any atom is -0.379 e. The Bertz CT molecular complexity index is 1140. The number of benzene rings is 2. The van der Waals surface area contributed by atoms with E-state index in [1.165, 1.54) is 39.9 Å². The van der Waals surface area contributed by atoms with Gasteiger partial charge in [-0.25, -0.2) is 13.4 Å². The van der Waals surface area contributed by atoms with Crippen LogP contribution in [-0.4, -0.2) is 49.9 Å². The predicted molar refractivity (Wildman–Crippen MR) is 119 cm³/mol. The third-order valence-electron chi connectivity index (χ3n) is 4.59. The lowest BCUT2D eigenvalue weighted by molar-refractivity contribution is 0.0730. The van der Waals surface area contributed by atoms with Crippen molar-refractivity contribution in [2.24, 2.45) is 0 Å². The average Bonchev–Trinajstić information content (AvgIpc) is 3.23. The van der Waals surface area contributed by atoms with Gasteiger partial charge in [-0.1, -0.05) is 28.1 Å². The molecule has 1 aromatic heterocycles. The Morgan fingerprint density at radius 1 is 1.07 bits per heavy atom. The first-order valence-electron chi connectivity index (χ1n) is 9.14. The summed E-state index contributed by atoms with van der Waals surface area (Å²) in [6.07, 6.45) is 0. The summed E-state index contributed by atoms with van der Waals surface area (Å²) in [5.41, 5.74) is 2.08. The zero-order valence-corrected chi connectivity index (χ0v) is 19.0. The monoisotopic (exact) mass is 507 g/mol. The van der Waals surface area contributed by atoms with Gasteiger partial charge in [-0.15, -0.1) is 11.3 Å². The molecule has 10 heteroatoms. The van der Waals surface area contributed by atoms with E-state index >= 15 is 0 Å². The van der Waals surface area contributed by atoms with E-state index in [0.29, 0.717) is 37.0 Å². The van der Waals surface area contributed by atoms with Gasteiger partial charge in [0.1, 0.15) is 0 Å². The quantitative estimate of drug-likeness (QED) is 0.566. The van der Waals surface area contributed by atoms with Gasteiger partial charge in [0.2, 0.25) is 10.0 Å². The fraction of sp³-hybridized carbons (Fsp3) is 0.200. The average molecular weight is 508 g/mol. The largest absolute Gasteiger partial charge is 0.379 e. The molecule has 0 spiro atoms. The van der Waals surface area contributed by atoms with Crippen molar-refractivity contribution in [3.05, 3.63) is 63.9 Å². The number of halogens is 1. The Balaban J connectivity index is 1.45. The number of rotatable bonds is 5. The van der Waals surface area contributed by atoms with Crippen molar-refractivity contribution in [3.63, 3.8) is 0 Å². The molecule has 2 aromatic carbocycles. The van der Waals surface area contributed by atoms with E-state index in [0.717, 1.165) is 15.7 Å². The number of aromatic nitrogens is 1. The normalized spacial score (nSPS) is 15.1. The Hall–Kier alpha value is -2.11. The van der Waals surface area contributed by atoms with Crippen LogP contribution in [0.2, 0.25) is 0 Å². The van der Waals surface area contributed by atoms with Gasteiger partial charge < -0.3 is 4.74 Å². The summed E-state index contributed by atoms with van der Waals surface area (Å²) in [5.74, 6) is -0.345. The van der Waals surface area contributed by atoms with Gasteiger partial charge in [0.05, 0.1) is 23.8 Å². The second-order valence-corrected chi connectivity index (χ2v) is 10.3. The Morgan fingerprint density at radius 2 is 1.73 bits per heavy atom. The number of hydrogen-bond donors (Lipinski definition) is 1. The molecule has 0 unspecified atom stereocenters. The van der Waals surface area contributed by atoms with E-state index < -0.39 is 10.0 Å². The van der Waals surface area contributed by atoms with Crippen LogP contribution < -0.4 is 5.32 Å². The third-order valence-corrected chi connectivity index (χ3v) is 7.79. The molecular formula is C20H18BrN3O4S2. The molecule has 1 amide bonds. The number of anilines is 1. The van der Waals surface area contributed by atoms with Crippen LogP contribution >= 0.6 is 27.3 Å². The number of nitrogens with one attached hydrogen (secondary N) is 1. The fourth-order valence-corrected chi connectivity index (χ4v) is 5.35. The third kappa shape index (κ3) is 4.62. The summed E-state index contributed by atoms with van der Waals surface area (Å²) < 4.78 is 32.9. The maximum Gasteiger partial charge on any atom is 0.257 e. The lowest BCUT2D eigenvalue weighted by atomic mass is 10.2. The molecule has 7 nitrogen and oxygen atoms in total. The number of thiazole rings is 1. The molecule has 0 saturated carbocycles. The Morgan fingerprint density at radius 3 is 2.40 bits per heavy atom. The number of ether oxygens (including phenoxy) is 1. The minimum atomic E-state index is -3.59. The van der Waals surface area contributed by atoms with Crippen LogP contribution in [0.25, 0.3) is 11.3 Å². The zero-order chi connectivity index (χ0) is 21.1. The molecule has 0 bridgehead atoms. The predicted octanol–water partition coefficient (Wildman–Crippen LogP) is 3.85. The minimum absolute atomic E-state index is 0.160. The van der Waals surface area contributed by atoms with Crippen LogP contribution in [0.3, 0.4) is 0 Å². The smallest absolute Gasteiger partial charge is 0.257 e. The SMILES string of the molecule is O=C(Nc1nc(-c2ccc(Br)cc2)cs1)c1ccc(S(=O)(=O)N2CCOCC2)cc1. The highest BCUT2D eigenvalue weighted by atomic mass is 79.9. The topological polar surface area (TPSA) is 88.6 Å². The number of nitrogens with zero attached hydrogens (tertiary/aromatic N) is 2. The number of amides is 1. The van der Waals surface area contributed by atoms with Gasteiger partial charge in [0, 0.05) is 34.1 Å². The number of carbonyl (C=O) groups is 1. The van der Waals surface area contributed by atoms with Gasteiger partial charge in [-0.05, 0) is 36.4 Å². The van der Waals surface area contributed by atoms with Crippen molar-refractivity contribution in [2.45, 2.75) is 4.90 Å². The fourth-order valence-electron chi connectivity index (χ4n) is 2.97. The van der Waals surface area contributed by atoms with Crippen molar-refractivity contribution in [3.8, 4) is 11.3 Å². The lowest BCUT2D eigenvalue weighted by Crippen LogP contribution is -2.40. The zero-order valence-electron chi connectivity index (χ0n) is 15.7.